The number of aromatic nitrogens is 1. The Hall–Kier alpha value is -2.96. The lowest BCUT2D eigenvalue weighted by molar-refractivity contribution is -0.384. The van der Waals surface area contributed by atoms with Crippen LogP contribution in [0, 0.1) is 17.0 Å². The van der Waals surface area contributed by atoms with Gasteiger partial charge in [-0.05, 0) is 68.0 Å². The van der Waals surface area contributed by atoms with Crippen molar-refractivity contribution in [2.45, 2.75) is 45.6 Å². The molecule has 2 aromatic rings. The van der Waals surface area contributed by atoms with Crippen LogP contribution in [-0.4, -0.2) is 28.7 Å². The minimum atomic E-state index is -0.478. The summed E-state index contributed by atoms with van der Waals surface area (Å²) in [6.45, 7) is 8.83. The van der Waals surface area contributed by atoms with Gasteiger partial charge in [-0.3, -0.25) is 15.5 Å². The Morgan fingerprint density at radius 3 is 2.89 bits per heavy atom. The molecule has 0 fully saturated rings. The lowest BCUT2D eigenvalue weighted by atomic mass is 9.79. The number of hydrogen-bond acceptors (Lipinski definition) is 6. The van der Waals surface area contributed by atoms with E-state index in [9.17, 15) is 10.1 Å². The second-order valence-electron chi connectivity index (χ2n) is 7.74. The number of hydrogen-bond donors (Lipinski definition) is 1. The van der Waals surface area contributed by atoms with Crippen LogP contribution in [0.3, 0.4) is 0 Å². The predicted molar refractivity (Wildman–Crippen MR) is 109 cm³/mol. The molecule has 1 aliphatic heterocycles. The molecular formula is C20H25N5O2. The molecule has 3 rings (SSSR count). The molecule has 1 aromatic heterocycles. The molecule has 0 amide bonds. The van der Waals surface area contributed by atoms with Crippen molar-refractivity contribution in [2.75, 3.05) is 17.4 Å². The van der Waals surface area contributed by atoms with Gasteiger partial charge in [0.15, 0.2) is 0 Å². The van der Waals surface area contributed by atoms with Crippen LogP contribution in [0.2, 0.25) is 0 Å². The minimum absolute atomic E-state index is 0.103. The Morgan fingerprint density at radius 2 is 2.19 bits per heavy atom. The zero-order chi connectivity index (χ0) is 19.8. The van der Waals surface area contributed by atoms with E-state index in [0.29, 0.717) is 5.92 Å². The fourth-order valence-corrected chi connectivity index (χ4v) is 3.67. The normalized spacial score (nSPS) is 18.4. The fraction of sp³-hybridized carbons (Fsp3) is 0.400. The quantitative estimate of drug-likeness (QED) is 0.490. The van der Waals surface area contributed by atoms with E-state index in [1.165, 1.54) is 29.6 Å². The van der Waals surface area contributed by atoms with Crippen LogP contribution in [0.1, 0.15) is 49.8 Å². The maximum Gasteiger partial charge on any atom is 0.313 e. The third-order valence-corrected chi connectivity index (χ3v) is 5.38. The van der Waals surface area contributed by atoms with Crippen LogP contribution in [0.15, 0.2) is 35.6 Å². The maximum atomic E-state index is 11.1. The van der Waals surface area contributed by atoms with E-state index in [4.69, 9.17) is 0 Å². The molecule has 0 bridgehead atoms. The highest BCUT2D eigenvalue weighted by Gasteiger charge is 2.34. The third-order valence-electron chi connectivity index (χ3n) is 5.38. The average molecular weight is 367 g/mol. The topological polar surface area (TPSA) is 83.7 Å². The highest BCUT2D eigenvalue weighted by molar-refractivity contribution is 5.84. The summed E-state index contributed by atoms with van der Waals surface area (Å²) in [4.78, 5) is 16.9. The number of hydrazone groups is 1. The summed E-state index contributed by atoms with van der Waals surface area (Å²) in [5, 5.41) is 15.2. The number of nitrogens with zero attached hydrogens (tertiary/aromatic N) is 4. The molecular weight excluding hydrogens is 342 g/mol. The number of anilines is 2. The number of rotatable bonds is 4. The van der Waals surface area contributed by atoms with Crippen LogP contribution >= 0.6 is 0 Å². The van der Waals surface area contributed by atoms with Crippen LogP contribution in [-0.2, 0) is 0 Å². The summed E-state index contributed by atoms with van der Waals surface area (Å²) in [6.07, 6.45) is 4.27. The molecule has 2 heterocycles. The largest absolute Gasteiger partial charge is 0.369 e. The number of nitrogens with one attached hydrogen (secondary N) is 1. The molecule has 0 saturated carbocycles. The van der Waals surface area contributed by atoms with Crippen molar-refractivity contribution in [3.05, 3.63) is 57.3 Å². The highest BCUT2D eigenvalue weighted by Crippen LogP contribution is 2.43. The van der Waals surface area contributed by atoms with Crippen molar-refractivity contribution in [3.63, 3.8) is 0 Å². The first kappa shape index (κ1) is 18.8. The Balaban J connectivity index is 1.88. The summed E-state index contributed by atoms with van der Waals surface area (Å²) < 4.78 is 0. The molecule has 1 N–H and O–H groups in total. The van der Waals surface area contributed by atoms with Crippen molar-refractivity contribution < 1.29 is 4.92 Å². The van der Waals surface area contributed by atoms with E-state index in [-0.39, 0.29) is 17.0 Å². The molecule has 0 unspecified atom stereocenters. The van der Waals surface area contributed by atoms with Gasteiger partial charge in [-0.1, -0.05) is 6.92 Å². The first-order valence-corrected chi connectivity index (χ1v) is 8.97. The fourth-order valence-electron chi connectivity index (χ4n) is 3.67. The summed E-state index contributed by atoms with van der Waals surface area (Å²) >= 11 is 0. The zero-order valence-corrected chi connectivity index (χ0v) is 16.4. The van der Waals surface area contributed by atoms with Crippen LogP contribution < -0.4 is 10.3 Å². The van der Waals surface area contributed by atoms with Crippen molar-refractivity contribution in [1.29, 1.82) is 0 Å². The van der Waals surface area contributed by atoms with E-state index in [1.807, 2.05) is 6.92 Å². The van der Waals surface area contributed by atoms with E-state index < -0.39 is 4.92 Å². The molecule has 7 nitrogen and oxygen atoms in total. The lowest BCUT2D eigenvalue weighted by Crippen LogP contribution is -2.45. The zero-order valence-electron chi connectivity index (χ0n) is 16.4. The van der Waals surface area contributed by atoms with Gasteiger partial charge in [-0.2, -0.15) is 5.10 Å². The Kier molecular flexibility index (Phi) is 4.87. The molecule has 27 heavy (non-hydrogen) atoms. The molecule has 0 radical (unpaired) electrons. The lowest BCUT2D eigenvalue weighted by Gasteiger charge is -2.45. The summed E-state index contributed by atoms with van der Waals surface area (Å²) in [5.41, 5.74) is 7.35. The highest BCUT2D eigenvalue weighted by atomic mass is 16.6. The molecule has 0 spiro atoms. The van der Waals surface area contributed by atoms with Gasteiger partial charge < -0.3 is 4.90 Å². The second-order valence-corrected chi connectivity index (χ2v) is 7.74. The SMILES string of the molecule is Cc1cc2c(cc1/C=N\Nc1ncccc1[N+](=O)[O-])[C@@H](C)CC(C)(C)N2C. The Labute approximate surface area is 159 Å². The van der Waals surface area contributed by atoms with Crippen molar-refractivity contribution in [2.24, 2.45) is 5.10 Å². The second kappa shape index (κ2) is 6.98. The Bertz CT molecular complexity index is 907. The van der Waals surface area contributed by atoms with Gasteiger partial charge in [-0.25, -0.2) is 4.98 Å². The number of nitro groups is 1. The van der Waals surface area contributed by atoms with Gasteiger partial charge in [0.1, 0.15) is 0 Å². The predicted octanol–water partition coefficient (Wildman–Crippen LogP) is 4.47. The van der Waals surface area contributed by atoms with Gasteiger partial charge >= 0.3 is 5.69 Å². The number of pyridine rings is 1. The first-order chi connectivity index (χ1) is 12.7. The van der Waals surface area contributed by atoms with Crippen LogP contribution in [0.4, 0.5) is 17.2 Å². The summed E-state index contributed by atoms with van der Waals surface area (Å²) in [6, 6.07) is 7.28. The minimum Gasteiger partial charge on any atom is -0.369 e. The molecule has 7 heteroatoms. The standard InChI is InChI=1S/C20H25N5O2/c1-13-9-18-16(14(2)11-20(3,4)24(18)5)10-15(13)12-22-23-19-17(25(26)27)7-6-8-21-19/h6-10,12,14H,11H2,1-5H3,(H,21,23)/b22-12-/t14-/m0/s1. The van der Waals surface area contributed by atoms with E-state index in [0.717, 1.165) is 17.5 Å². The number of aryl methyl sites for hydroxylation is 1. The molecule has 0 aliphatic carbocycles. The molecule has 142 valence electrons. The third kappa shape index (κ3) is 3.63. The van der Waals surface area contributed by atoms with Crippen molar-refractivity contribution in [1.82, 2.24) is 4.98 Å². The number of benzene rings is 1. The van der Waals surface area contributed by atoms with E-state index in [1.54, 1.807) is 6.21 Å². The summed E-state index contributed by atoms with van der Waals surface area (Å²) in [5.74, 6) is 0.577. The molecule has 1 aliphatic rings. The average Bonchev–Trinajstić information content (AvgIpc) is 2.60. The van der Waals surface area contributed by atoms with Gasteiger partial charge in [0.05, 0.1) is 11.1 Å². The smallest absolute Gasteiger partial charge is 0.313 e. The Morgan fingerprint density at radius 1 is 1.44 bits per heavy atom. The molecule has 0 saturated heterocycles. The van der Waals surface area contributed by atoms with Crippen LogP contribution in [0.25, 0.3) is 0 Å². The van der Waals surface area contributed by atoms with Gasteiger partial charge in [0.2, 0.25) is 5.82 Å². The van der Waals surface area contributed by atoms with E-state index in [2.05, 4.69) is 60.4 Å². The molecule has 1 aromatic carbocycles. The number of fused-ring (bicyclic) bond motifs is 1. The molecule has 1 atom stereocenters. The summed E-state index contributed by atoms with van der Waals surface area (Å²) in [7, 11) is 2.14. The maximum absolute atomic E-state index is 11.1. The van der Waals surface area contributed by atoms with Gasteiger partial charge in [0, 0.05) is 30.5 Å². The van der Waals surface area contributed by atoms with E-state index >= 15 is 0 Å². The van der Waals surface area contributed by atoms with Gasteiger partial charge in [-0.15, -0.1) is 0 Å². The first-order valence-electron chi connectivity index (χ1n) is 8.97. The van der Waals surface area contributed by atoms with Crippen LogP contribution in [0.5, 0.6) is 0 Å². The van der Waals surface area contributed by atoms with Crippen molar-refractivity contribution >= 4 is 23.4 Å². The van der Waals surface area contributed by atoms with Gasteiger partial charge in [0.25, 0.3) is 0 Å². The van der Waals surface area contributed by atoms with Crippen molar-refractivity contribution in [3.8, 4) is 0 Å². The monoisotopic (exact) mass is 367 g/mol.